The maximum atomic E-state index is 5.73. The first kappa shape index (κ1) is 8.51. The molecule has 13 heavy (non-hydrogen) atoms. The summed E-state index contributed by atoms with van der Waals surface area (Å²) < 4.78 is 0. The van der Waals surface area contributed by atoms with Crippen molar-refractivity contribution in [2.24, 2.45) is 16.8 Å². The average Bonchev–Trinajstić information content (AvgIpc) is 2.49. The molecule has 1 heterocycles. The Hall–Kier alpha value is -1.09. The lowest BCUT2D eigenvalue weighted by molar-refractivity contribution is 0.610. The number of hydrogen-bond acceptors (Lipinski definition) is 3. The molecule has 3 heteroatoms. The summed E-state index contributed by atoms with van der Waals surface area (Å²) in [7, 11) is 0. The molecule has 0 radical (unpaired) electrons. The molecule has 0 aromatic heterocycles. The molecule has 1 aliphatic carbocycles. The van der Waals surface area contributed by atoms with E-state index in [1.54, 1.807) is 0 Å². The number of rotatable bonds is 2. The van der Waals surface area contributed by atoms with Crippen LogP contribution in [0.3, 0.4) is 0 Å². The van der Waals surface area contributed by atoms with Crippen LogP contribution in [0, 0.1) is 5.92 Å². The lowest BCUT2D eigenvalue weighted by Gasteiger charge is -2.18. The van der Waals surface area contributed by atoms with Crippen molar-refractivity contribution in [3.8, 4) is 0 Å². The summed E-state index contributed by atoms with van der Waals surface area (Å²) in [5.41, 5.74) is 10.1. The van der Waals surface area contributed by atoms with Crippen molar-refractivity contribution in [3.05, 3.63) is 23.8 Å². The van der Waals surface area contributed by atoms with Gasteiger partial charge in [0.05, 0.1) is 6.04 Å². The zero-order valence-electron chi connectivity index (χ0n) is 7.77. The molecule has 1 aliphatic heterocycles. The van der Waals surface area contributed by atoms with E-state index in [0.29, 0.717) is 12.0 Å². The fourth-order valence-electron chi connectivity index (χ4n) is 1.74. The van der Waals surface area contributed by atoms with E-state index in [4.69, 9.17) is 5.73 Å². The SMILES string of the molecule is CC(N)CC1=CC2NN=CC2C=C1. The molecule has 0 aromatic rings. The Morgan fingerprint density at radius 2 is 2.54 bits per heavy atom. The van der Waals surface area contributed by atoms with Gasteiger partial charge in [-0.1, -0.05) is 18.2 Å². The highest BCUT2D eigenvalue weighted by atomic mass is 15.3. The Morgan fingerprint density at radius 1 is 1.69 bits per heavy atom. The van der Waals surface area contributed by atoms with Crippen LogP contribution in [0.1, 0.15) is 13.3 Å². The number of hydrazone groups is 1. The van der Waals surface area contributed by atoms with E-state index in [0.717, 1.165) is 6.42 Å². The van der Waals surface area contributed by atoms with Crippen LogP contribution < -0.4 is 11.2 Å². The molecule has 0 saturated carbocycles. The molecule has 0 bridgehead atoms. The molecule has 2 rings (SSSR count). The molecule has 3 N–H and O–H groups in total. The maximum absolute atomic E-state index is 5.73. The molecule has 0 aromatic carbocycles. The Kier molecular flexibility index (Phi) is 2.19. The van der Waals surface area contributed by atoms with Gasteiger partial charge in [0.1, 0.15) is 0 Å². The number of hydrogen-bond donors (Lipinski definition) is 2. The van der Waals surface area contributed by atoms with E-state index in [2.05, 4.69) is 28.8 Å². The largest absolute Gasteiger partial charge is 0.328 e. The number of fused-ring (bicyclic) bond motifs is 1. The van der Waals surface area contributed by atoms with Gasteiger partial charge in [0, 0.05) is 18.2 Å². The third kappa shape index (κ3) is 1.80. The summed E-state index contributed by atoms with van der Waals surface area (Å²) >= 11 is 0. The van der Waals surface area contributed by atoms with Crippen LogP contribution in [0.4, 0.5) is 0 Å². The highest BCUT2D eigenvalue weighted by Gasteiger charge is 2.22. The summed E-state index contributed by atoms with van der Waals surface area (Å²) in [6, 6.07) is 0.591. The van der Waals surface area contributed by atoms with Crippen LogP contribution in [0.25, 0.3) is 0 Å². The monoisotopic (exact) mass is 177 g/mol. The molecular weight excluding hydrogens is 162 g/mol. The van der Waals surface area contributed by atoms with Crippen molar-refractivity contribution in [1.82, 2.24) is 5.43 Å². The first-order valence-electron chi connectivity index (χ1n) is 4.69. The topological polar surface area (TPSA) is 50.4 Å². The second-order valence-corrected chi connectivity index (χ2v) is 3.79. The average molecular weight is 177 g/mol. The van der Waals surface area contributed by atoms with Crippen LogP contribution in [0.2, 0.25) is 0 Å². The van der Waals surface area contributed by atoms with Gasteiger partial charge in [-0.2, -0.15) is 5.10 Å². The molecule has 0 spiro atoms. The van der Waals surface area contributed by atoms with Crippen molar-refractivity contribution in [3.63, 3.8) is 0 Å². The van der Waals surface area contributed by atoms with Gasteiger partial charge >= 0.3 is 0 Å². The highest BCUT2D eigenvalue weighted by molar-refractivity contribution is 5.68. The third-order valence-corrected chi connectivity index (χ3v) is 2.37. The smallest absolute Gasteiger partial charge is 0.0738 e. The standard InChI is InChI=1S/C10H15N3/c1-7(11)4-8-2-3-9-6-12-13-10(9)5-8/h2-3,5-7,9-10,13H,4,11H2,1H3. The van der Waals surface area contributed by atoms with Crippen LogP contribution in [-0.2, 0) is 0 Å². The van der Waals surface area contributed by atoms with Gasteiger partial charge in [-0.05, 0) is 18.9 Å². The van der Waals surface area contributed by atoms with Crippen LogP contribution >= 0.6 is 0 Å². The normalized spacial score (nSPS) is 32.3. The molecule has 0 fully saturated rings. The van der Waals surface area contributed by atoms with Crippen LogP contribution in [0.5, 0.6) is 0 Å². The lowest BCUT2D eigenvalue weighted by Crippen LogP contribution is -2.27. The molecule has 70 valence electrons. The third-order valence-electron chi connectivity index (χ3n) is 2.37. The number of allylic oxidation sites excluding steroid dienone is 1. The Bertz CT molecular complexity index is 276. The van der Waals surface area contributed by atoms with Crippen LogP contribution in [-0.4, -0.2) is 18.3 Å². The zero-order valence-corrected chi connectivity index (χ0v) is 7.77. The summed E-state index contributed by atoms with van der Waals surface area (Å²) in [6.45, 7) is 2.03. The molecule has 3 atom stereocenters. The zero-order chi connectivity index (χ0) is 9.26. The Morgan fingerprint density at radius 3 is 3.31 bits per heavy atom. The van der Waals surface area contributed by atoms with Crippen molar-refractivity contribution in [2.45, 2.75) is 25.4 Å². The summed E-state index contributed by atoms with van der Waals surface area (Å²) in [5.74, 6) is 0.442. The molecule has 3 nitrogen and oxygen atoms in total. The predicted octanol–water partition coefficient (Wildman–Crippen LogP) is 0.794. The van der Waals surface area contributed by atoms with E-state index in [9.17, 15) is 0 Å². The van der Waals surface area contributed by atoms with Gasteiger partial charge in [0.15, 0.2) is 0 Å². The molecular formula is C10H15N3. The first-order chi connectivity index (χ1) is 6.25. The quantitative estimate of drug-likeness (QED) is 0.655. The summed E-state index contributed by atoms with van der Waals surface area (Å²) in [5, 5.41) is 4.04. The minimum absolute atomic E-state index is 0.231. The highest BCUT2D eigenvalue weighted by Crippen LogP contribution is 2.21. The Labute approximate surface area is 78.4 Å². The van der Waals surface area contributed by atoms with Crippen molar-refractivity contribution in [2.75, 3.05) is 0 Å². The minimum Gasteiger partial charge on any atom is -0.328 e. The second-order valence-electron chi connectivity index (χ2n) is 3.79. The molecule has 0 saturated heterocycles. The molecule has 2 aliphatic rings. The summed E-state index contributed by atoms with van der Waals surface area (Å²) in [6.07, 6.45) is 9.46. The van der Waals surface area contributed by atoms with Crippen molar-refractivity contribution < 1.29 is 0 Å². The van der Waals surface area contributed by atoms with E-state index in [1.165, 1.54) is 5.57 Å². The van der Waals surface area contributed by atoms with Crippen molar-refractivity contribution in [1.29, 1.82) is 0 Å². The number of nitrogens with zero attached hydrogens (tertiary/aromatic N) is 1. The number of nitrogens with one attached hydrogen (secondary N) is 1. The fraction of sp³-hybridized carbons (Fsp3) is 0.500. The summed E-state index contributed by atoms with van der Waals surface area (Å²) in [4.78, 5) is 0. The van der Waals surface area contributed by atoms with Crippen LogP contribution in [0.15, 0.2) is 28.9 Å². The van der Waals surface area contributed by atoms with Gasteiger partial charge in [-0.15, -0.1) is 0 Å². The first-order valence-corrected chi connectivity index (χ1v) is 4.69. The van der Waals surface area contributed by atoms with Gasteiger partial charge in [-0.3, -0.25) is 0 Å². The number of nitrogens with two attached hydrogens (primary N) is 1. The fourth-order valence-corrected chi connectivity index (χ4v) is 1.74. The second kappa shape index (κ2) is 3.34. The minimum atomic E-state index is 0.231. The van der Waals surface area contributed by atoms with Gasteiger partial charge < -0.3 is 11.2 Å². The lowest BCUT2D eigenvalue weighted by atomic mass is 9.91. The van der Waals surface area contributed by atoms with E-state index in [-0.39, 0.29) is 6.04 Å². The van der Waals surface area contributed by atoms with Gasteiger partial charge in [-0.25, -0.2) is 0 Å². The van der Waals surface area contributed by atoms with Gasteiger partial charge in [0.25, 0.3) is 0 Å². The Balaban J connectivity index is 2.04. The predicted molar refractivity (Wildman–Crippen MR) is 54.4 cm³/mol. The van der Waals surface area contributed by atoms with E-state index < -0.39 is 0 Å². The maximum Gasteiger partial charge on any atom is 0.0738 e. The van der Waals surface area contributed by atoms with Gasteiger partial charge in [0.2, 0.25) is 0 Å². The van der Waals surface area contributed by atoms with E-state index >= 15 is 0 Å². The molecule has 3 unspecified atom stereocenters. The van der Waals surface area contributed by atoms with Crippen molar-refractivity contribution >= 4 is 6.21 Å². The molecule has 0 amide bonds. The van der Waals surface area contributed by atoms with E-state index in [1.807, 2.05) is 13.1 Å².